The highest BCUT2D eigenvalue weighted by Crippen LogP contribution is 2.20. The quantitative estimate of drug-likeness (QED) is 0.360. The molecule has 98 valence electrons. The Labute approximate surface area is 111 Å². The molecule has 0 saturated carbocycles. The molecule has 1 aliphatic rings. The Morgan fingerprint density at radius 2 is 2.44 bits per heavy atom. The van der Waals surface area contributed by atoms with E-state index < -0.39 is 6.10 Å². The van der Waals surface area contributed by atoms with Gasteiger partial charge in [0.1, 0.15) is 6.10 Å². The van der Waals surface area contributed by atoms with Crippen molar-refractivity contribution in [2.45, 2.75) is 6.10 Å². The minimum absolute atomic E-state index is 0.0428. The van der Waals surface area contributed by atoms with E-state index in [1.54, 1.807) is 11.0 Å². The minimum Gasteiger partial charge on any atom is -0.457 e. The lowest BCUT2D eigenvalue weighted by molar-refractivity contribution is 0.00666. The van der Waals surface area contributed by atoms with Crippen molar-refractivity contribution in [3.8, 4) is 0 Å². The maximum absolute atomic E-state index is 12.2. The van der Waals surface area contributed by atoms with Crippen LogP contribution in [0.5, 0.6) is 0 Å². The second-order valence-electron chi connectivity index (χ2n) is 3.74. The van der Waals surface area contributed by atoms with Gasteiger partial charge in [-0.25, -0.2) is 0 Å². The predicted octanol–water partition coefficient (Wildman–Crippen LogP) is 0.629. The Morgan fingerprint density at radius 3 is 3.06 bits per heavy atom. The molecule has 0 spiro atoms. The first kappa shape index (κ1) is 12.9. The van der Waals surface area contributed by atoms with Crippen LogP contribution in [0.4, 0.5) is 0 Å². The number of nitrogens with two attached hydrogens (primary N) is 1. The summed E-state index contributed by atoms with van der Waals surface area (Å²) in [4.78, 5) is 13.7. The van der Waals surface area contributed by atoms with E-state index in [9.17, 15) is 4.79 Å². The van der Waals surface area contributed by atoms with Crippen molar-refractivity contribution >= 4 is 27.7 Å². The van der Waals surface area contributed by atoms with Crippen LogP contribution in [0.1, 0.15) is 10.4 Å². The summed E-state index contributed by atoms with van der Waals surface area (Å²) in [6.45, 7) is 1.03. The number of carbonyl (C=O) groups is 1. The molecule has 0 radical (unpaired) electrons. The van der Waals surface area contributed by atoms with Crippen LogP contribution in [0.3, 0.4) is 0 Å². The second kappa shape index (κ2) is 5.40. The van der Waals surface area contributed by atoms with Crippen molar-refractivity contribution in [1.82, 2.24) is 4.90 Å². The molecule has 1 fully saturated rings. The lowest BCUT2D eigenvalue weighted by Gasteiger charge is -2.32. The van der Waals surface area contributed by atoms with Crippen LogP contribution in [-0.2, 0) is 4.74 Å². The first-order valence-corrected chi connectivity index (χ1v) is 6.04. The van der Waals surface area contributed by atoms with Gasteiger partial charge in [0.25, 0.3) is 5.91 Å². The van der Waals surface area contributed by atoms with Gasteiger partial charge >= 0.3 is 0 Å². The smallest absolute Gasteiger partial charge is 0.258 e. The number of amidine groups is 1. The van der Waals surface area contributed by atoms with Crippen LogP contribution < -0.4 is 5.73 Å². The highest BCUT2D eigenvalue weighted by molar-refractivity contribution is 9.10. The highest BCUT2D eigenvalue weighted by Gasteiger charge is 2.29. The number of morpholine rings is 1. The fourth-order valence-electron chi connectivity index (χ4n) is 1.69. The van der Waals surface area contributed by atoms with Gasteiger partial charge in [0.15, 0.2) is 10.5 Å². The van der Waals surface area contributed by atoms with Crippen LogP contribution in [0.25, 0.3) is 0 Å². The number of amides is 1. The van der Waals surface area contributed by atoms with Crippen LogP contribution in [0.15, 0.2) is 26.6 Å². The number of ether oxygens (including phenoxy) is 1. The third kappa shape index (κ3) is 2.49. The molecule has 0 aromatic carbocycles. The maximum atomic E-state index is 12.2. The van der Waals surface area contributed by atoms with Crippen molar-refractivity contribution in [3.63, 3.8) is 0 Å². The van der Waals surface area contributed by atoms with E-state index in [1.165, 1.54) is 6.26 Å². The third-order valence-corrected chi connectivity index (χ3v) is 3.26. The summed E-state index contributed by atoms with van der Waals surface area (Å²) < 4.78 is 10.7. The number of nitrogens with zero attached hydrogens (tertiary/aromatic N) is 2. The topological polar surface area (TPSA) is 101 Å². The maximum Gasteiger partial charge on any atom is 0.258 e. The van der Waals surface area contributed by atoms with E-state index in [0.29, 0.717) is 23.4 Å². The van der Waals surface area contributed by atoms with E-state index in [4.69, 9.17) is 20.1 Å². The van der Waals surface area contributed by atoms with Gasteiger partial charge in [-0.3, -0.25) is 4.79 Å². The molecule has 1 aromatic rings. The average Bonchev–Trinajstić information content (AvgIpc) is 2.83. The zero-order chi connectivity index (χ0) is 13.1. The Balaban J connectivity index is 2.10. The first-order chi connectivity index (χ1) is 8.63. The van der Waals surface area contributed by atoms with Gasteiger partial charge in [0, 0.05) is 6.54 Å². The van der Waals surface area contributed by atoms with Crippen molar-refractivity contribution in [2.24, 2.45) is 10.9 Å². The molecule has 0 aliphatic carbocycles. The molecule has 3 N–H and O–H groups in total. The van der Waals surface area contributed by atoms with E-state index in [0.717, 1.165) is 0 Å². The molecule has 1 aliphatic heterocycles. The van der Waals surface area contributed by atoms with Crippen LogP contribution in [0.2, 0.25) is 0 Å². The number of furan rings is 1. The molecule has 2 rings (SSSR count). The zero-order valence-corrected chi connectivity index (χ0v) is 11.0. The van der Waals surface area contributed by atoms with Gasteiger partial charge in [0.2, 0.25) is 0 Å². The largest absolute Gasteiger partial charge is 0.457 e. The lowest BCUT2D eigenvalue weighted by Crippen LogP contribution is -2.50. The zero-order valence-electron chi connectivity index (χ0n) is 9.38. The van der Waals surface area contributed by atoms with Crippen molar-refractivity contribution in [1.29, 1.82) is 0 Å². The number of rotatable bonds is 2. The summed E-state index contributed by atoms with van der Waals surface area (Å²) in [7, 11) is 0. The molecular weight excluding hydrogens is 306 g/mol. The minimum atomic E-state index is -0.585. The molecule has 1 unspecified atom stereocenters. The van der Waals surface area contributed by atoms with Crippen LogP contribution >= 0.6 is 15.9 Å². The van der Waals surface area contributed by atoms with E-state index >= 15 is 0 Å². The summed E-state index contributed by atoms with van der Waals surface area (Å²) in [5.74, 6) is -0.228. The fourth-order valence-corrected chi connectivity index (χ4v) is 2.10. The molecule has 2 heterocycles. The Bertz CT molecular complexity index is 473. The van der Waals surface area contributed by atoms with Crippen LogP contribution in [-0.4, -0.2) is 47.7 Å². The van der Waals surface area contributed by atoms with Crippen molar-refractivity contribution in [3.05, 3.63) is 22.6 Å². The van der Waals surface area contributed by atoms with E-state index in [2.05, 4.69) is 21.1 Å². The molecule has 1 amide bonds. The summed E-state index contributed by atoms with van der Waals surface area (Å²) in [5, 5.41) is 11.5. The van der Waals surface area contributed by atoms with Gasteiger partial charge < -0.3 is 25.0 Å². The normalized spacial score (nSPS) is 21.1. The standard InChI is InChI=1S/C10H12BrN3O4/c11-8-6(1-3-18-8)10(15)14-2-4-17-7(5-14)9(12)13-16/h1,3,7,16H,2,4-5H2,(H2,12,13). The summed E-state index contributed by atoms with van der Waals surface area (Å²) >= 11 is 3.16. The molecule has 1 atom stereocenters. The predicted molar refractivity (Wildman–Crippen MR) is 65.5 cm³/mol. The van der Waals surface area contributed by atoms with E-state index in [1.807, 2.05) is 0 Å². The van der Waals surface area contributed by atoms with E-state index in [-0.39, 0.29) is 18.3 Å². The molecular formula is C10H12BrN3O4. The molecule has 8 heteroatoms. The summed E-state index contributed by atoms with van der Waals surface area (Å²) in [6, 6.07) is 1.58. The molecule has 1 aromatic heterocycles. The van der Waals surface area contributed by atoms with Gasteiger partial charge in [0.05, 0.1) is 25.0 Å². The number of carbonyl (C=O) groups excluding carboxylic acids is 1. The molecule has 1 saturated heterocycles. The summed E-state index contributed by atoms with van der Waals surface area (Å²) in [6.07, 6.45) is 0.845. The Hall–Kier alpha value is -1.54. The van der Waals surface area contributed by atoms with Gasteiger partial charge in [-0.15, -0.1) is 0 Å². The average molecular weight is 318 g/mol. The third-order valence-electron chi connectivity index (χ3n) is 2.65. The molecule has 0 bridgehead atoms. The number of hydrogen-bond donors (Lipinski definition) is 2. The van der Waals surface area contributed by atoms with Gasteiger partial charge in [-0.2, -0.15) is 0 Å². The molecule has 18 heavy (non-hydrogen) atoms. The summed E-state index contributed by atoms with van der Waals surface area (Å²) in [5.41, 5.74) is 5.91. The fraction of sp³-hybridized carbons (Fsp3) is 0.400. The van der Waals surface area contributed by atoms with Gasteiger partial charge in [-0.05, 0) is 22.0 Å². The first-order valence-electron chi connectivity index (χ1n) is 5.24. The van der Waals surface area contributed by atoms with Gasteiger partial charge in [-0.1, -0.05) is 5.16 Å². The Kier molecular flexibility index (Phi) is 3.87. The van der Waals surface area contributed by atoms with Crippen molar-refractivity contribution in [2.75, 3.05) is 19.7 Å². The Morgan fingerprint density at radius 1 is 1.67 bits per heavy atom. The number of halogens is 1. The molecule has 7 nitrogen and oxygen atoms in total. The second-order valence-corrected chi connectivity index (χ2v) is 4.46. The monoisotopic (exact) mass is 317 g/mol. The number of oxime groups is 1. The number of hydrogen-bond acceptors (Lipinski definition) is 5. The van der Waals surface area contributed by atoms with Crippen molar-refractivity contribution < 1.29 is 19.2 Å². The van der Waals surface area contributed by atoms with Crippen LogP contribution in [0, 0.1) is 0 Å². The highest BCUT2D eigenvalue weighted by atomic mass is 79.9. The SMILES string of the molecule is N/C(=N/O)C1CN(C(=O)c2ccoc2Br)CCO1. The lowest BCUT2D eigenvalue weighted by atomic mass is 10.2.